The smallest absolute Gasteiger partial charge is 0.259 e. The molecule has 0 saturated heterocycles. The van der Waals surface area contributed by atoms with E-state index in [4.69, 9.17) is 4.74 Å². The van der Waals surface area contributed by atoms with E-state index in [-0.39, 0.29) is 12.5 Å². The summed E-state index contributed by atoms with van der Waals surface area (Å²) >= 11 is 0. The third-order valence-corrected chi connectivity index (χ3v) is 4.05. The number of anilines is 1. The molecule has 0 spiro atoms. The molecule has 0 fully saturated rings. The van der Waals surface area contributed by atoms with E-state index in [1.807, 2.05) is 36.4 Å². The molecular formula is C19H21N3O2. The minimum absolute atomic E-state index is 0.165. The lowest BCUT2D eigenvalue weighted by molar-refractivity contribution is -0.119. The third-order valence-electron chi connectivity index (χ3n) is 4.05. The average Bonchev–Trinajstić information content (AvgIpc) is 2.65. The molecular weight excluding hydrogens is 302 g/mol. The lowest BCUT2D eigenvalue weighted by atomic mass is 9.90. The van der Waals surface area contributed by atoms with Crippen molar-refractivity contribution in [1.82, 2.24) is 5.43 Å². The van der Waals surface area contributed by atoms with Crippen molar-refractivity contribution in [1.29, 1.82) is 0 Å². The quantitative estimate of drug-likeness (QED) is 0.832. The molecule has 24 heavy (non-hydrogen) atoms. The second kappa shape index (κ2) is 7.64. The SMILES string of the molecule is COc1ccc(NCC(=O)NN=C2CCCc3ccccc32)cc1. The first-order valence-corrected chi connectivity index (χ1v) is 8.08. The van der Waals surface area contributed by atoms with Crippen LogP contribution in [-0.2, 0) is 11.2 Å². The van der Waals surface area contributed by atoms with Crippen LogP contribution < -0.4 is 15.5 Å². The summed E-state index contributed by atoms with van der Waals surface area (Å²) in [5, 5.41) is 7.39. The molecule has 0 bridgehead atoms. The summed E-state index contributed by atoms with van der Waals surface area (Å²) in [6.45, 7) is 0.171. The number of hydrogen-bond acceptors (Lipinski definition) is 4. The van der Waals surface area contributed by atoms with Crippen LogP contribution in [0.4, 0.5) is 5.69 Å². The largest absolute Gasteiger partial charge is 0.497 e. The van der Waals surface area contributed by atoms with E-state index in [0.29, 0.717) is 0 Å². The summed E-state index contributed by atoms with van der Waals surface area (Å²) in [6, 6.07) is 15.7. The van der Waals surface area contributed by atoms with E-state index in [0.717, 1.165) is 42.0 Å². The van der Waals surface area contributed by atoms with E-state index in [9.17, 15) is 4.79 Å². The Bertz CT molecular complexity index is 739. The number of ether oxygens (including phenoxy) is 1. The van der Waals surface area contributed by atoms with Crippen molar-refractivity contribution in [3.05, 3.63) is 59.7 Å². The average molecular weight is 323 g/mol. The number of methoxy groups -OCH3 is 1. The number of carbonyl (C=O) groups is 1. The van der Waals surface area contributed by atoms with Gasteiger partial charge in [0.25, 0.3) is 5.91 Å². The Morgan fingerprint density at radius 1 is 1.12 bits per heavy atom. The van der Waals surface area contributed by atoms with Crippen LogP contribution in [0.5, 0.6) is 5.75 Å². The second-order valence-electron chi connectivity index (χ2n) is 5.69. The zero-order valence-electron chi connectivity index (χ0n) is 13.7. The first-order chi connectivity index (χ1) is 11.8. The summed E-state index contributed by atoms with van der Waals surface area (Å²) in [5.74, 6) is 0.619. The van der Waals surface area contributed by atoms with Crippen LogP contribution in [0, 0.1) is 0 Å². The number of amides is 1. The fourth-order valence-corrected chi connectivity index (χ4v) is 2.78. The van der Waals surface area contributed by atoms with E-state index < -0.39 is 0 Å². The van der Waals surface area contributed by atoms with Crippen LogP contribution in [0.25, 0.3) is 0 Å². The molecule has 2 aromatic carbocycles. The normalized spacial score (nSPS) is 14.8. The summed E-state index contributed by atoms with van der Waals surface area (Å²) in [7, 11) is 1.62. The van der Waals surface area contributed by atoms with Gasteiger partial charge in [0.15, 0.2) is 0 Å². The molecule has 3 rings (SSSR count). The highest BCUT2D eigenvalue weighted by Crippen LogP contribution is 2.21. The highest BCUT2D eigenvalue weighted by atomic mass is 16.5. The van der Waals surface area contributed by atoms with Gasteiger partial charge in [0.1, 0.15) is 5.75 Å². The maximum Gasteiger partial charge on any atom is 0.259 e. The van der Waals surface area contributed by atoms with Gasteiger partial charge < -0.3 is 10.1 Å². The van der Waals surface area contributed by atoms with Crippen LogP contribution >= 0.6 is 0 Å². The molecule has 5 heteroatoms. The highest BCUT2D eigenvalue weighted by molar-refractivity contribution is 6.03. The molecule has 1 aliphatic rings. The fraction of sp³-hybridized carbons (Fsp3) is 0.263. The third kappa shape index (κ3) is 3.93. The maximum atomic E-state index is 12.0. The second-order valence-corrected chi connectivity index (χ2v) is 5.69. The predicted octanol–water partition coefficient (Wildman–Crippen LogP) is 2.96. The first-order valence-electron chi connectivity index (χ1n) is 8.08. The lowest BCUT2D eigenvalue weighted by Crippen LogP contribution is -2.27. The minimum Gasteiger partial charge on any atom is -0.497 e. The highest BCUT2D eigenvalue weighted by Gasteiger charge is 2.15. The topological polar surface area (TPSA) is 62.7 Å². The Balaban J connectivity index is 1.55. The Labute approximate surface area is 141 Å². The van der Waals surface area contributed by atoms with Crippen molar-refractivity contribution in [2.24, 2.45) is 5.10 Å². The standard InChI is InChI=1S/C19H21N3O2/c1-24-16-11-9-15(10-12-16)20-13-19(23)22-21-18-8-4-6-14-5-2-3-7-17(14)18/h2-3,5,7,9-12,20H,4,6,8,13H2,1H3,(H,22,23). The number of nitrogens with one attached hydrogen (secondary N) is 2. The molecule has 0 saturated carbocycles. The van der Waals surface area contributed by atoms with Gasteiger partial charge in [0.05, 0.1) is 19.4 Å². The van der Waals surface area contributed by atoms with Crippen LogP contribution in [0.3, 0.4) is 0 Å². The zero-order valence-corrected chi connectivity index (χ0v) is 13.7. The van der Waals surface area contributed by atoms with Crippen molar-refractivity contribution in [2.75, 3.05) is 19.0 Å². The summed E-state index contributed by atoms with van der Waals surface area (Å²) in [6.07, 6.45) is 3.03. The van der Waals surface area contributed by atoms with Crippen LogP contribution in [0.2, 0.25) is 0 Å². The van der Waals surface area contributed by atoms with E-state index >= 15 is 0 Å². The van der Waals surface area contributed by atoms with E-state index in [2.05, 4.69) is 28.0 Å². The molecule has 0 aliphatic heterocycles. The summed E-state index contributed by atoms with van der Waals surface area (Å²) in [5.41, 5.74) is 6.91. The molecule has 0 unspecified atom stereocenters. The predicted molar refractivity (Wildman–Crippen MR) is 95.5 cm³/mol. The molecule has 2 aromatic rings. The number of nitrogens with zero attached hydrogens (tertiary/aromatic N) is 1. The Morgan fingerprint density at radius 2 is 1.92 bits per heavy atom. The van der Waals surface area contributed by atoms with Gasteiger partial charge in [-0.1, -0.05) is 24.3 Å². The van der Waals surface area contributed by atoms with Crippen LogP contribution in [-0.4, -0.2) is 25.3 Å². The van der Waals surface area contributed by atoms with Crippen molar-refractivity contribution in [3.8, 4) is 5.75 Å². The fourth-order valence-electron chi connectivity index (χ4n) is 2.78. The Hall–Kier alpha value is -2.82. The lowest BCUT2D eigenvalue weighted by Gasteiger charge is -2.17. The number of carbonyl (C=O) groups excluding carboxylic acids is 1. The first kappa shape index (κ1) is 16.1. The number of hydrazone groups is 1. The van der Waals surface area contributed by atoms with Crippen molar-refractivity contribution < 1.29 is 9.53 Å². The molecule has 1 amide bonds. The minimum atomic E-state index is -0.165. The van der Waals surface area contributed by atoms with Gasteiger partial charge in [0, 0.05) is 11.3 Å². The number of hydrogen-bond donors (Lipinski definition) is 2. The van der Waals surface area contributed by atoms with Gasteiger partial charge in [-0.2, -0.15) is 5.10 Å². The summed E-state index contributed by atoms with van der Waals surface area (Å²) < 4.78 is 5.10. The Kier molecular flexibility index (Phi) is 5.11. The zero-order chi connectivity index (χ0) is 16.8. The van der Waals surface area contributed by atoms with Gasteiger partial charge in [-0.3, -0.25) is 4.79 Å². The molecule has 0 radical (unpaired) electrons. The number of benzene rings is 2. The molecule has 124 valence electrons. The van der Waals surface area contributed by atoms with Crippen molar-refractivity contribution in [3.63, 3.8) is 0 Å². The van der Waals surface area contributed by atoms with Crippen molar-refractivity contribution in [2.45, 2.75) is 19.3 Å². The van der Waals surface area contributed by atoms with E-state index in [1.54, 1.807) is 7.11 Å². The Morgan fingerprint density at radius 3 is 2.71 bits per heavy atom. The van der Waals surface area contributed by atoms with Gasteiger partial charge >= 0.3 is 0 Å². The van der Waals surface area contributed by atoms with Gasteiger partial charge in [-0.15, -0.1) is 0 Å². The molecule has 2 N–H and O–H groups in total. The molecule has 0 heterocycles. The molecule has 0 aromatic heterocycles. The number of fused-ring (bicyclic) bond motifs is 1. The molecule has 1 aliphatic carbocycles. The van der Waals surface area contributed by atoms with Gasteiger partial charge in [-0.05, 0) is 49.1 Å². The van der Waals surface area contributed by atoms with Gasteiger partial charge in [-0.25, -0.2) is 5.43 Å². The number of rotatable bonds is 5. The van der Waals surface area contributed by atoms with Crippen LogP contribution in [0.1, 0.15) is 24.0 Å². The van der Waals surface area contributed by atoms with Crippen molar-refractivity contribution >= 4 is 17.3 Å². The maximum absolute atomic E-state index is 12.0. The number of aryl methyl sites for hydroxylation is 1. The summed E-state index contributed by atoms with van der Waals surface area (Å²) in [4.78, 5) is 12.0. The van der Waals surface area contributed by atoms with E-state index in [1.165, 1.54) is 5.56 Å². The molecule has 5 nitrogen and oxygen atoms in total. The monoisotopic (exact) mass is 323 g/mol. The molecule has 0 atom stereocenters. The van der Waals surface area contributed by atoms with Gasteiger partial charge in [0.2, 0.25) is 0 Å². The van der Waals surface area contributed by atoms with Crippen LogP contribution in [0.15, 0.2) is 53.6 Å².